The molecule has 0 aliphatic heterocycles. The van der Waals surface area contributed by atoms with Crippen LogP contribution in [0, 0.1) is 0 Å². The molecule has 0 aliphatic carbocycles. The molecule has 0 spiro atoms. The van der Waals surface area contributed by atoms with Crippen molar-refractivity contribution in [3.05, 3.63) is 75.9 Å². The lowest BCUT2D eigenvalue weighted by atomic mass is 10.2. The molecule has 148 valence electrons. The summed E-state index contributed by atoms with van der Waals surface area (Å²) in [5.41, 5.74) is 1.83. The van der Waals surface area contributed by atoms with E-state index in [0.717, 1.165) is 35.1 Å². The van der Waals surface area contributed by atoms with Crippen molar-refractivity contribution in [3.63, 3.8) is 0 Å². The van der Waals surface area contributed by atoms with Crippen molar-refractivity contribution in [2.75, 3.05) is 24.5 Å². The highest BCUT2D eigenvalue weighted by molar-refractivity contribution is 7.21. The average Bonchev–Trinajstić information content (AvgIpc) is 3.21. The molecule has 4 aromatic rings. The van der Waals surface area contributed by atoms with Crippen LogP contribution < -0.4 is 15.8 Å². The number of carbonyl (C=O) groups is 1. The molecule has 4 rings (SSSR count). The van der Waals surface area contributed by atoms with Gasteiger partial charge in [-0.15, -0.1) is 11.3 Å². The molecule has 2 aromatic heterocycles. The van der Waals surface area contributed by atoms with E-state index in [2.05, 4.69) is 34.3 Å². The van der Waals surface area contributed by atoms with Gasteiger partial charge in [-0.05, 0) is 37.6 Å². The minimum absolute atomic E-state index is 0.127. The van der Waals surface area contributed by atoms with E-state index in [-0.39, 0.29) is 11.5 Å². The molecule has 5 nitrogen and oxygen atoms in total. The van der Waals surface area contributed by atoms with E-state index in [1.54, 1.807) is 6.07 Å². The number of fused-ring (bicyclic) bond motifs is 3. The zero-order chi connectivity index (χ0) is 20.2. The molecule has 2 heterocycles. The lowest BCUT2D eigenvalue weighted by Gasteiger charge is -2.23. The summed E-state index contributed by atoms with van der Waals surface area (Å²) in [7, 11) is 0. The van der Waals surface area contributed by atoms with E-state index in [1.807, 2.05) is 42.5 Å². The van der Waals surface area contributed by atoms with Crippen LogP contribution in [-0.4, -0.2) is 30.5 Å². The van der Waals surface area contributed by atoms with Gasteiger partial charge >= 0.3 is 0 Å². The number of hydrogen-bond donors (Lipinski definition) is 2. The third kappa shape index (κ3) is 4.03. The summed E-state index contributed by atoms with van der Waals surface area (Å²) in [6.07, 6.45) is 0.850. The Morgan fingerprint density at radius 1 is 1.07 bits per heavy atom. The summed E-state index contributed by atoms with van der Waals surface area (Å²) in [4.78, 5) is 30.7. The van der Waals surface area contributed by atoms with Crippen LogP contribution in [0.25, 0.3) is 21.0 Å². The van der Waals surface area contributed by atoms with Crippen molar-refractivity contribution < 1.29 is 4.79 Å². The van der Waals surface area contributed by atoms with Gasteiger partial charge in [0.1, 0.15) is 0 Å². The normalized spacial score (nSPS) is 11.1. The molecule has 0 saturated carbocycles. The molecular formula is C23H23N3O2S. The van der Waals surface area contributed by atoms with Crippen molar-refractivity contribution in [2.24, 2.45) is 0 Å². The molecule has 0 unspecified atom stereocenters. The van der Waals surface area contributed by atoms with E-state index < -0.39 is 0 Å². The molecule has 2 N–H and O–H groups in total. The highest BCUT2D eigenvalue weighted by Gasteiger charge is 2.14. The molecule has 29 heavy (non-hydrogen) atoms. The molecule has 0 bridgehead atoms. The first-order chi connectivity index (χ1) is 14.2. The number of para-hydroxylation sites is 2. The van der Waals surface area contributed by atoms with Gasteiger partial charge in [-0.2, -0.15) is 0 Å². The number of aromatic nitrogens is 1. The Hall–Kier alpha value is -3.12. The Bertz CT molecular complexity index is 1200. The lowest BCUT2D eigenvalue weighted by Crippen LogP contribution is -2.29. The van der Waals surface area contributed by atoms with E-state index in [4.69, 9.17) is 0 Å². The van der Waals surface area contributed by atoms with Gasteiger partial charge in [-0.3, -0.25) is 9.59 Å². The molecule has 0 atom stereocenters. The molecule has 0 saturated heterocycles. The number of H-pyrrole nitrogens is 1. The maximum atomic E-state index is 12.6. The number of aromatic amines is 1. The van der Waals surface area contributed by atoms with Crippen LogP contribution in [0.1, 0.15) is 23.0 Å². The first-order valence-electron chi connectivity index (χ1n) is 9.80. The van der Waals surface area contributed by atoms with Gasteiger partial charge in [0, 0.05) is 40.9 Å². The summed E-state index contributed by atoms with van der Waals surface area (Å²) >= 11 is 1.37. The summed E-state index contributed by atoms with van der Waals surface area (Å²) < 4.78 is 0.857. The molecule has 0 aliphatic rings. The average molecular weight is 406 g/mol. The van der Waals surface area contributed by atoms with Crippen LogP contribution in [-0.2, 0) is 0 Å². The summed E-state index contributed by atoms with van der Waals surface area (Å²) in [5, 5.41) is 4.53. The number of hydrogen-bond acceptors (Lipinski definition) is 4. The second-order valence-electron chi connectivity index (χ2n) is 6.88. The van der Waals surface area contributed by atoms with Crippen LogP contribution in [0.3, 0.4) is 0 Å². The topological polar surface area (TPSA) is 65.2 Å². The van der Waals surface area contributed by atoms with Gasteiger partial charge < -0.3 is 15.2 Å². The van der Waals surface area contributed by atoms with Crippen LogP contribution in [0.5, 0.6) is 0 Å². The zero-order valence-electron chi connectivity index (χ0n) is 16.3. The number of benzene rings is 2. The maximum absolute atomic E-state index is 12.6. The molecule has 0 radical (unpaired) electrons. The number of thiophene rings is 1. The first kappa shape index (κ1) is 19.2. The third-order valence-electron chi connectivity index (χ3n) is 5.01. The van der Waals surface area contributed by atoms with Gasteiger partial charge in [0.15, 0.2) is 0 Å². The van der Waals surface area contributed by atoms with Gasteiger partial charge in [0.05, 0.1) is 10.3 Å². The maximum Gasteiger partial charge on any atom is 0.261 e. The Morgan fingerprint density at radius 3 is 2.62 bits per heavy atom. The van der Waals surface area contributed by atoms with Crippen molar-refractivity contribution >= 4 is 43.9 Å². The fraction of sp³-hybridized carbons (Fsp3) is 0.217. The van der Waals surface area contributed by atoms with Gasteiger partial charge in [-0.1, -0.05) is 36.4 Å². The minimum Gasteiger partial charge on any atom is -0.372 e. The number of nitrogens with one attached hydrogen (secondary N) is 2. The number of anilines is 1. The fourth-order valence-electron chi connectivity index (χ4n) is 3.52. The number of nitrogens with zero attached hydrogens (tertiary/aromatic N) is 1. The van der Waals surface area contributed by atoms with Crippen molar-refractivity contribution in [1.82, 2.24) is 10.3 Å². The fourth-order valence-corrected chi connectivity index (χ4v) is 4.63. The van der Waals surface area contributed by atoms with Crippen LogP contribution in [0.4, 0.5) is 5.69 Å². The molecule has 2 aromatic carbocycles. The van der Waals surface area contributed by atoms with E-state index in [1.165, 1.54) is 17.0 Å². The number of carbonyl (C=O) groups excluding carboxylic acids is 1. The summed E-state index contributed by atoms with van der Waals surface area (Å²) in [6, 6.07) is 19.6. The predicted molar refractivity (Wildman–Crippen MR) is 121 cm³/mol. The van der Waals surface area contributed by atoms with E-state index in [9.17, 15) is 9.59 Å². The lowest BCUT2D eigenvalue weighted by molar-refractivity contribution is 0.0957. The van der Waals surface area contributed by atoms with Crippen molar-refractivity contribution in [1.29, 1.82) is 0 Å². The highest BCUT2D eigenvalue weighted by atomic mass is 32.1. The van der Waals surface area contributed by atoms with Gasteiger partial charge in [0.25, 0.3) is 11.5 Å². The minimum atomic E-state index is -0.157. The Kier molecular flexibility index (Phi) is 5.62. The monoisotopic (exact) mass is 405 g/mol. The van der Waals surface area contributed by atoms with E-state index >= 15 is 0 Å². The molecule has 6 heteroatoms. The quantitative estimate of drug-likeness (QED) is 0.448. The van der Waals surface area contributed by atoms with Crippen molar-refractivity contribution in [2.45, 2.75) is 13.3 Å². The zero-order valence-corrected chi connectivity index (χ0v) is 17.1. The SMILES string of the molecule is CCN(CCCNC(=O)c1cc2c(=O)[nH]c3ccccc3c2s1)c1ccccc1. The second kappa shape index (κ2) is 8.49. The Morgan fingerprint density at radius 2 is 1.83 bits per heavy atom. The second-order valence-corrected chi connectivity index (χ2v) is 7.93. The summed E-state index contributed by atoms with van der Waals surface area (Å²) in [6.45, 7) is 4.51. The van der Waals surface area contributed by atoms with Crippen LogP contribution in [0.2, 0.25) is 0 Å². The standard InChI is InChI=1S/C23H23N3O2S/c1-2-26(16-9-4-3-5-10-16)14-8-13-24-23(28)20-15-18-21(29-20)17-11-6-7-12-19(17)25-22(18)27/h3-7,9-12,15H,2,8,13-14H2,1H3,(H,24,28)(H,25,27). The smallest absolute Gasteiger partial charge is 0.261 e. The summed E-state index contributed by atoms with van der Waals surface area (Å²) in [5.74, 6) is -0.127. The largest absolute Gasteiger partial charge is 0.372 e. The third-order valence-corrected chi connectivity index (χ3v) is 6.18. The van der Waals surface area contributed by atoms with Crippen LogP contribution >= 0.6 is 11.3 Å². The molecule has 0 fully saturated rings. The number of pyridine rings is 1. The molecule has 1 amide bonds. The first-order valence-corrected chi connectivity index (χ1v) is 10.6. The number of amides is 1. The Labute approximate surface area is 173 Å². The number of rotatable bonds is 7. The predicted octanol–water partition coefficient (Wildman–Crippen LogP) is 4.39. The Balaban J connectivity index is 1.42. The van der Waals surface area contributed by atoms with E-state index in [0.29, 0.717) is 16.8 Å². The highest BCUT2D eigenvalue weighted by Crippen LogP contribution is 2.29. The molecular weight excluding hydrogens is 382 g/mol. The van der Waals surface area contributed by atoms with Crippen molar-refractivity contribution in [3.8, 4) is 0 Å². The van der Waals surface area contributed by atoms with Gasteiger partial charge in [0.2, 0.25) is 0 Å². The van der Waals surface area contributed by atoms with Crippen LogP contribution in [0.15, 0.2) is 65.5 Å². The van der Waals surface area contributed by atoms with Gasteiger partial charge in [-0.25, -0.2) is 0 Å².